The van der Waals surface area contributed by atoms with Crippen LogP contribution in [0.1, 0.15) is 16.7 Å². The fraction of sp³-hybridized carbons (Fsp3) is 0.444. The summed E-state index contributed by atoms with van der Waals surface area (Å²) >= 11 is 0. The first-order valence-corrected chi connectivity index (χ1v) is 7.39. The number of rotatable bonds is 4. The number of hydrogen-bond acceptors (Lipinski definition) is 10. The third kappa shape index (κ3) is 2.68. The van der Waals surface area contributed by atoms with E-state index < -0.39 is 55.5 Å². The molecule has 1 aromatic heterocycles. The zero-order valence-electron chi connectivity index (χ0n) is 10.7. The maximum absolute atomic E-state index is 11.6. The van der Waals surface area contributed by atoms with E-state index in [0.29, 0.717) is 0 Å². The largest absolute Gasteiger partial charge is 0.481 e. The van der Waals surface area contributed by atoms with E-state index in [-0.39, 0.29) is 0 Å². The van der Waals surface area contributed by atoms with Crippen LogP contribution in [0.3, 0.4) is 0 Å². The van der Waals surface area contributed by atoms with Crippen molar-refractivity contribution in [1.82, 2.24) is 9.55 Å². The Balaban J connectivity index is 2.31. The Bertz CT molecular complexity index is 612. The van der Waals surface area contributed by atoms with Crippen LogP contribution in [-0.4, -0.2) is 69.4 Å². The van der Waals surface area contributed by atoms with Crippen LogP contribution in [0.15, 0.2) is 6.33 Å². The molecule has 122 valence electrons. The van der Waals surface area contributed by atoms with E-state index >= 15 is 0 Å². The normalized spacial score (nSPS) is 28.8. The molecule has 1 aliphatic rings. The van der Waals surface area contributed by atoms with Gasteiger partial charge in [-0.15, -0.1) is 0 Å². The topological polar surface area (TPSA) is 209 Å². The summed E-state index contributed by atoms with van der Waals surface area (Å²) in [6.45, 7) is 0. The first kappa shape index (κ1) is 16.7. The van der Waals surface area contributed by atoms with E-state index in [1.807, 2.05) is 0 Å². The smallest absolute Gasteiger partial charge is 0.476 e. The minimum absolute atomic E-state index is 0.407. The number of anilines is 1. The number of hydrogen-bond donors (Lipinski definition) is 7. The van der Waals surface area contributed by atoms with Crippen LogP contribution >= 0.6 is 7.94 Å². The van der Waals surface area contributed by atoms with Gasteiger partial charge in [0.2, 0.25) is 0 Å². The number of aliphatic hydroxyl groups is 2. The van der Waals surface area contributed by atoms with Crippen molar-refractivity contribution >= 4 is 25.3 Å². The van der Waals surface area contributed by atoms with Gasteiger partial charge < -0.3 is 25.8 Å². The molecular weight excluding hydrogens is 325 g/mol. The number of carboxylic acid groups (broad SMARTS) is 1. The molecule has 1 aliphatic heterocycles. The predicted octanol–water partition coefficient (Wildman–Crippen LogP) is -2.95. The lowest BCUT2D eigenvalue weighted by Crippen LogP contribution is -2.36. The van der Waals surface area contributed by atoms with Crippen molar-refractivity contribution in [3.05, 3.63) is 12.0 Å². The summed E-state index contributed by atoms with van der Waals surface area (Å²) < 4.78 is 5.84. The van der Waals surface area contributed by atoms with Gasteiger partial charge in [0.25, 0.3) is 0 Å². The van der Waals surface area contributed by atoms with Crippen LogP contribution in [0.4, 0.5) is 5.82 Å². The molecule has 1 unspecified atom stereocenters. The third-order valence-corrected chi connectivity index (χ3v) is 3.93. The molecular formula is C9H13N3O9P+. The molecule has 22 heavy (non-hydrogen) atoms. The van der Waals surface area contributed by atoms with E-state index in [2.05, 4.69) is 4.98 Å². The van der Waals surface area contributed by atoms with Crippen LogP contribution in [0, 0.1) is 0 Å². The van der Waals surface area contributed by atoms with Gasteiger partial charge in [-0.25, -0.2) is 14.6 Å². The van der Waals surface area contributed by atoms with Crippen molar-refractivity contribution in [3.8, 4) is 0 Å². The highest BCUT2D eigenvalue weighted by molar-refractivity contribution is 7.76. The molecule has 12 nitrogen and oxygen atoms in total. The van der Waals surface area contributed by atoms with Crippen molar-refractivity contribution in [2.75, 3.05) is 5.73 Å². The Hall–Kier alpha value is -1.66. The number of nitrogens with two attached hydrogens (primary N) is 1. The molecule has 2 rings (SSSR count). The van der Waals surface area contributed by atoms with Crippen molar-refractivity contribution in [2.45, 2.75) is 24.5 Å². The van der Waals surface area contributed by atoms with Crippen LogP contribution < -0.4 is 5.73 Å². The summed E-state index contributed by atoms with van der Waals surface area (Å²) in [5.74, 6) is -1.85. The first-order valence-electron chi connectivity index (χ1n) is 5.74. The summed E-state index contributed by atoms with van der Waals surface area (Å²) in [6, 6.07) is 0. The van der Waals surface area contributed by atoms with E-state index in [0.717, 1.165) is 10.9 Å². The highest BCUT2D eigenvalue weighted by Crippen LogP contribution is 2.49. The number of ether oxygens (including phenoxy) is 1. The molecule has 2 heterocycles. The lowest BCUT2D eigenvalue weighted by Gasteiger charge is -2.17. The first-order chi connectivity index (χ1) is 10.1. The molecule has 0 amide bonds. The second-order valence-electron chi connectivity index (χ2n) is 4.53. The van der Waals surface area contributed by atoms with Crippen LogP contribution in [0.25, 0.3) is 0 Å². The quantitative estimate of drug-likeness (QED) is 0.276. The number of carboxylic acids is 1. The fourth-order valence-corrected chi connectivity index (χ4v) is 2.56. The molecule has 0 bridgehead atoms. The van der Waals surface area contributed by atoms with Gasteiger partial charge in [0, 0.05) is 0 Å². The number of aromatic nitrogens is 2. The number of aliphatic hydroxyl groups excluding tert-OH is 2. The van der Waals surface area contributed by atoms with Crippen molar-refractivity contribution < 1.29 is 44.3 Å². The van der Waals surface area contributed by atoms with E-state index in [1.165, 1.54) is 0 Å². The van der Waals surface area contributed by atoms with Gasteiger partial charge >= 0.3 is 19.4 Å². The Morgan fingerprint density at radius 1 is 1.27 bits per heavy atom. The molecule has 0 spiro atoms. The number of aromatic carboxylic acids is 1. The summed E-state index contributed by atoms with van der Waals surface area (Å²) in [6.07, 6.45) is -6.16. The average Bonchev–Trinajstić information content (AvgIpc) is 2.90. The lowest BCUT2D eigenvalue weighted by molar-refractivity contribution is -0.129. The minimum atomic E-state index is -4.95. The van der Waals surface area contributed by atoms with Crippen LogP contribution in [-0.2, 0) is 9.53 Å². The van der Waals surface area contributed by atoms with Crippen LogP contribution in [0.2, 0.25) is 0 Å². The number of carbonyl (C=O) groups is 2. The zero-order chi connectivity index (χ0) is 16.8. The van der Waals surface area contributed by atoms with Gasteiger partial charge in [-0.05, 0) is 0 Å². The van der Waals surface area contributed by atoms with Crippen molar-refractivity contribution in [3.63, 3.8) is 0 Å². The summed E-state index contributed by atoms with van der Waals surface area (Å²) in [4.78, 5) is 52.6. The summed E-state index contributed by atoms with van der Waals surface area (Å²) in [7, 11) is -4.95. The van der Waals surface area contributed by atoms with Gasteiger partial charge in [-0.2, -0.15) is 14.7 Å². The molecule has 0 aliphatic carbocycles. The Kier molecular flexibility index (Phi) is 4.19. The van der Waals surface area contributed by atoms with Gasteiger partial charge in [0.1, 0.15) is 18.0 Å². The van der Waals surface area contributed by atoms with E-state index in [1.54, 1.807) is 0 Å². The predicted molar refractivity (Wildman–Crippen MR) is 68.1 cm³/mol. The fourth-order valence-electron chi connectivity index (χ4n) is 2.00. The maximum Gasteiger partial charge on any atom is 0.481 e. The average molecular weight is 338 g/mol. The molecule has 0 saturated carbocycles. The monoisotopic (exact) mass is 338 g/mol. The number of carbonyl (C=O) groups excluding carboxylic acids is 1. The summed E-state index contributed by atoms with van der Waals surface area (Å²) in [5, 5.41) is 28.4. The Morgan fingerprint density at radius 2 is 1.86 bits per heavy atom. The van der Waals surface area contributed by atoms with Gasteiger partial charge in [0.05, 0.1) is 6.33 Å². The molecule has 1 saturated heterocycles. The standard InChI is InChI=1S/C9H12N3O9P/c10-6-2(8(15)16)11-1-12(6)7-4(14)3(13)5(21-7)9(17)22(18,19)20/h1,3-5,7,13-14,18-20H,10H2/p+1/t3-,4+,5-,7?/m0/s1. The highest BCUT2D eigenvalue weighted by Gasteiger charge is 2.58. The zero-order valence-corrected chi connectivity index (χ0v) is 11.6. The van der Waals surface area contributed by atoms with Gasteiger partial charge in [-0.1, -0.05) is 0 Å². The minimum Gasteiger partial charge on any atom is -0.476 e. The van der Waals surface area contributed by atoms with E-state index in [9.17, 15) is 19.8 Å². The van der Waals surface area contributed by atoms with E-state index in [4.69, 9.17) is 30.3 Å². The Morgan fingerprint density at radius 3 is 2.32 bits per heavy atom. The molecule has 1 aromatic rings. The number of nitrogens with zero attached hydrogens (tertiary/aromatic N) is 2. The Labute approximate surface area is 122 Å². The second kappa shape index (κ2) is 5.52. The molecule has 4 atom stereocenters. The molecule has 13 heteroatoms. The molecule has 0 radical (unpaired) electrons. The molecule has 8 N–H and O–H groups in total. The van der Waals surface area contributed by atoms with Gasteiger partial charge in [0.15, 0.2) is 18.0 Å². The molecule has 1 fully saturated rings. The summed E-state index contributed by atoms with van der Waals surface area (Å²) in [5.41, 5.74) is 3.39. The number of imidazole rings is 1. The molecule has 0 aromatic carbocycles. The number of nitrogen functional groups attached to an aromatic ring is 1. The SMILES string of the molecule is Nc1c(C(=O)O)ncn1C1O[C@H](C(=O)[P+](O)(O)O)[C@@H](O)[C@H]1O. The van der Waals surface area contributed by atoms with Gasteiger partial charge in [-0.3, -0.25) is 4.57 Å². The maximum atomic E-state index is 11.6. The second-order valence-corrected chi connectivity index (χ2v) is 6.10. The van der Waals surface area contributed by atoms with Crippen molar-refractivity contribution in [1.29, 1.82) is 0 Å². The third-order valence-electron chi connectivity index (χ3n) is 3.09. The van der Waals surface area contributed by atoms with Crippen molar-refractivity contribution in [2.24, 2.45) is 0 Å². The van der Waals surface area contributed by atoms with Crippen LogP contribution in [0.5, 0.6) is 0 Å². The lowest BCUT2D eigenvalue weighted by atomic mass is 10.1. The highest BCUT2D eigenvalue weighted by atomic mass is 31.2.